The summed E-state index contributed by atoms with van der Waals surface area (Å²) >= 11 is 0. The van der Waals surface area contributed by atoms with Gasteiger partial charge in [0.2, 0.25) is 0 Å². The molecule has 17 heavy (non-hydrogen) atoms. The number of rotatable bonds is 5. The van der Waals surface area contributed by atoms with Gasteiger partial charge in [0.05, 0.1) is 18.3 Å². The van der Waals surface area contributed by atoms with Gasteiger partial charge in [0.1, 0.15) is 5.54 Å². The Morgan fingerprint density at radius 3 is 2.71 bits per heavy atom. The molecule has 1 fully saturated rings. The molecule has 1 aromatic heterocycles. The number of aromatic nitrogens is 2. The van der Waals surface area contributed by atoms with Crippen LogP contribution >= 0.6 is 0 Å². The molecular weight excluding hydrogens is 212 g/mol. The van der Waals surface area contributed by atoms with Crippen molar-refractivity contribution in [2.45, 2.75) is 51.6 Å². The molecule has 1 atom stereocenters. The van der Waals surface area contributed by atoms with Crippen molar-refractivity contribution in [2.24, 2.45) is 11.7 Å². The Bertz CT molecular complexity index is 439. The first-order chi connectivity index (χ1) is 8.12. The molecule has 0 bridgehead atoms. The molecule has 0 amide bonds. The topological polar surface area (TPSA) is 67.6 Å². The molecule has 4 nitrogen and oxygen atoms in total. The number of hydrogen-bond acceptors (Lipinski definition) is 3. The maximum absolute atomic E-state index is 9.27. The highest BCUT2D eigenvalue weighted by Gasteiger charge is 2.43. The van der Waals surface area contributed by atoms with E-state index < -0.39 is 5.54 Å². The molecule has 0 saturated heterocycles. The molecule has 1 unspecified atom stereocenters. The van der Waals surface area contributed by atoms with E-state index in [1.54, 1.807) is 0 Å². The van der Waals surface area contributed by atoms with E-state index in [0.29, 0.717) is 12.5 Å². The number of nitrogens with two attached hydrogens (primary N) is 1. The first-order valence-electron chi connectivity index (χ1n) is 6.38. The highest BCUT2D eigenvalue weighted by atomic mass is 15.3. The van der Waals surface area contributed by atoms with Gasteiger partial charge < -0.3 is 5.73 Å². The average Bonchev–Trinajstić information content (AvgIpc) is 3.12. The lowest BCUT2D eigenvalue weighted by atomic mass is 9.96. The van der Waals surface area contributed by atoms with Crippen molar-refractivity contribution in [3.05, 3.63) is 17.5 Å². The summed E-state index contributed by atoms with van der Waals surface area (Å²) in [5.41, 5.74) is 7.71. The second kappa shape index (κ2) is 4.50. The van der Waals surface area contributed by atoms with E-state index in [1.807, 2.05) is 4.68 Å². The van der Waals surface area contributed by atoms with Crippen LogP contribution in [0.2, 0.25) is 0 Å². The minimum absolute atomic E-state index is 0.353. The summed E-state index contributed by atoms with van der Waals surface area (Å²) in [5, 5.41) is 13.8. The van der Waals surface area contributed by atoms with Crippen molar-refractivity contribution in [1.29, 1.82) is 5.26 Å². The summed E-state index contributed by atoms with van der Waals surface area (Å²) in [6, 6.07) is 4.40. The molecule has 1 aliphatic rings. The van der Waals surface area contributed by atoms with Crippen molar-refractivity contribution >= 4 is 0 Å². The fourth-order valence-corrected chi connectivity index (χ4v) is 2.21. The summed E-state index contributed by atoms with van der Waals surface area (Å²) in [5.74, 6) is 0.353. The molecule has 0 aliphatic heterocycles. The third-order valence-corrected chi connectivity index (χ3v) is 3.56. The summed E-state index contributed by atoms with van der Waals surface area (Å²) in [7, 11) is 0. The van der Waals surface area contributed by atoms with Crippen LogP contribution in [0.1, 0.15) is 38.1 Å². The third kappa shape index (κ3) is 2.34. The lowest BCUT2D eigenvalue weighted by Gasteiger charge is -2.22. The molecule has 4 heteroatoms. The van der Waals surface area contributed by atoms with Crippen LogP contribution in [0.5, 0.6) is 0 Å². The van der Waals surface area contributed by atoms with Gasteiger partial charge in [-0.15, -0.1) is 0 Å². The Hall–Kier alpha value is -1.34. The summed E-state index contributed by atoms with van der Waals surface area (Å²) in [4.78, 5) is 0. The molecule has 1 heterocycles. The van der Waals surface area contributed by atoms with Crippen molar-refractivity contribution in [2.75, 3.05) is 0 Å². The average molecular weight is 232 g/mol. The Morgan fingerprint density at radius 1 is 1.53 bits per heavy atom. The number of nitrogens with zero attached hydrogens (tertiary/aromatic N) is 3. The summed E-state index contributed by atoms with van der Waals surface area (Å²) in [6.45, 7) is 4.72. The van der Waals surface area contributed by atoms with Crippen LogP contribution in [0.15, 0.2) is 6.07 Å². The molecule has 92 valence electrons. The maximum atomic E-state index is 9.27. The predicted octanol–water partition coefficient (Wildman–Crippen LogP) is 1.64. The SMILES string of the molecule is CCc1cc(CC)n(CC(N)(C#N)C2CC2)n1. The largest absolute Gasteiger partial charge is 0.312 e. The number of aryl methyl sites for hydroxylation is 2. The first kappa shape index (κ1) is 12.1. The molecule has 0 radical (unpaired) electrons. The van der Waals surface area contributed by atoms with Crippen molar-refractivity contribution in [3.8, 4) is 6.07 Å². The van der Waals surface area contributed by atoms with Crippen molar-refractivity contribution in [1.82, 2.24) is 9.78 Å². The van der Waals surface area contributed by atoms with E-state index in [9.17, 15) is 5.26 Å². The van der Waals surface area contributed by atoms with Crippen molar-refractivity contribution in [3.63, 3.8) is 0 Å². The minimum Gasteiger partial charge on any atom is -0.312 e. The van der Waals surface area contributed by atoms with Gasteiger partial charge in [0.25, 0.3) is 0 Å². The van der Waals surface area contributed by atoms with Crippen LogP contribution in [0, 0.1) is 17.2 Å². The zero-order chi connectivity index (χ0) is 12.5. The van der Waals surface area contributed by atoms with Gasteiger partial charge in [-0.05, 0) is 37.7 Å². The molecule has 0 spiro atoms. The predicted molar refractivity (Wildman–Crippen MR) is 66.2 cm³/mol. The van der Waals surface area contributed by atoms with E-state index in [4.69, 9.17) is 5.73 Å². The maximum Gasteiger partial charge on any atom is 0.126 e. The number of hydrogen-bond donors (Lipinski definition) is 1. The lowest BCUT2D eigenvalue weighted by Crippen LogP contribution is -2.45. The molecule has 1 aliphatic carbocycles. The quantitative estimate of drug-likeness (QED) is 0.839. The highest BCUT2D eigenvalue weighted by molar-refractivity contribution is 5.16. The van der Waals surface area contributed by atoms with E-state index in [-0.39, 0.29) is 0 Å². The van der Waals surface area contributed by atoms with E-state index in [2.05, 4.69) is 31.1 Å². The Labute approximate surface area is 102 Å². The van der Waals surface area contributed by atoms with Crippen LogP contribution in [-0.4, -0.2) is 15.3 Å². The van der Waals surface area contributed by atoms with E-state index in [1.165, 1.54) is 5.69 Å². The lowest BCUT2D eigenvalue weighted by molar-refractivity contribution is 0.376. The summed E-state index contributed by atoms with van der Waals surface area (Å²) < 4.78 is 1.93. The van der Waals surface area contributed by atoms with E-state index >= 15 is 0 Å². The van der Waals surface area contributed by atoms with Crippen molar-refractivity contribution < 1.29 is 0 Å². The fraction of sp³-hybridized carbons (Fsp3) is 0.692. The van der Waals surface area contributed by atoms with E-state index in [0.717, 1.165) is 31.4 Å². The highest BCUT2D eigenvalue weighted by Crippen LogP contribution is 2.38. The van der Waals surface area contributed by atoms with Gasteiger partial charge in [0, 0.05) is 5.69 Å². The molecule has 1 aromatic rings. The zero-order valence-electron chi connectivity index (χ0n) is 10.6. The smallest absolute Gasteiger partial charge is 0.126 e. The molecule has 1 saturated carbocycles. The molecule has 0 aromatic carbocycles. The molecule has 2 rings (SSSR count). The molecular formula is C13H20N4. The first-order valence-corrected chi connectivity index (χ1v) is 6.38. The van der Waals surface area contributed by atoms with Crippen LogP contribution in [0.25, 0.3) is 0 Å². The Balaban J connectivity index is 2.22. The minimum atomic E-state index is -0.735. The fourth-order valence-electron chi connectivity index (χ4n) is 2.21. The van der Waals surface area contributed by atoms with Gasteiger partial charge in [0.15, 0.2) is 0 Å². The van der Waals surface area contributed by atoms with Gasteiger partial charge >= 0.3 is 0 Å². The molecule has 2 N–H and O–H groups in total. The van der Waals surface area contributed by atoms with Gasteiger partial charge in [-0.25, -0.2) is 0 Å². The van der Waals surface area contributed by atoms with Crippen LogP contribution in [0.3, 0.4) is 0 Å². The van der Waals surface area contributed by atoms with Gasteiger partial charge in [-0.2, -0.15) is 10.4 Å². The Morgan fingerprint density at radius 2 is 2.24 bits per heavy atom. The van der Waals surface area contributed by atoms with Crippen LogP contribution in [0.4, 0.5) is 0 Å². The van der Waals surface area contributed by atoms with Crippen LogP contribution in [-0.2, 0) is 19.4 Å². The zero-order valence-corrected chi connectivity index (χ0v) is 10.6. The standard InChI is InChI=1S/C13H20N4/c1-3-11-7-12(4-2)17(16-11)9-13(15,8-14)10-5-6-10/h7,10H,3-6,9,15H2,1-2H3. The number of nitriles is 1. The van der Waals surface area contributed by atoms with Gasteiger partial charge in [-0.3, -0.25) is 4.68 Å². The third-order valence-electron chi connectivity index (χ3n) is 3.56. The second-order valence-corrected chi connectivity index (χ2v) is 4.92. The second-order valence-electron chi connectivity index (χ2n) is 4.92. The monoisotopic (exact) mass is 232 g/mol. The summed E-state index contributed by atoms with van der Waals surface area (Å²) in [6.07, 6.45) is 4.01. The Kier molecular flexibility index (Phi) is 3.21. The van der Waals surface area contributed by atoms with Crippen LogP contribution < -0.4 is 5.73 Å². The van der Waals surface area contributed by atoms with Gasteiger partial charge in [-0.1, -0.05) is 13.8 Å². The normalized spacial score (nSPS) is 18.7.